The van der Waals surface area contributed by atoms with Crippen molar-refractivity contribution in [3.63, 3.8) is 0 Å². The Balaban J connectivity index is 4.28. The van der Waals surface area contributed by atoms with E-state index in [1.807, 2.05) is 23.9 Å². The predicted octanol–water partition coefficient (Wildman–Crippen LogP) is 0.487. The summed E-state index contributed by atoms with van der Waals surface area (Å²) in [5, 5.41) is 11.8. The van der Waals surface area contributed by atoms with E-state index in [9.17, 15) is 9.59 Å². The normalized spacial score (nSPS) is 12.7. The Bertz CT molecular complexity index is 295. The molecule has 2 N–H and O–H groups in total. The molecule has 1 unspecified atom stereocenters. The van der Waals surface area contributed by atoms with E-state index < -0.39 is 11.9 Å². The second kappa shape index (κ2) is 10.6. The van der Waals surface area contributed by atoms with Crippen molar-refractivity contribution in [1.29, 1.82) is 0 Å². The van der Waals surface area contributed by atoms with Crippen LogP contribution in [0.5, 0.6) is 0 Å². The quantitative estimate of drug-likeness (QED) is 0.541. The van der Waals surface area contributed by atoms with Crippen LogP contribution >= 0.6 is 0 Å². The van der Waals surface area contributed by atoms with Crippen molar-refractivity contribution in [2.24, 2.45) is 5.92 Å². The van der Waals surface area contributed by atoms with Gasteiger partial charge in [0.1, 0.15) is 0 Å². The lowest BCUT2D eigenvalue weighted by Gasteiger charge is -2.25. The minimum absolute atomic E-state index is 0.0326. The van der Waals surface area contributed by atoms with Crippen LogP contribution in [0.15, 0.2) is 0 Å². The zero-order chi connectivity index (χ0) is 15.5. The molecule has 0 saturated carbocycles. The lowest BCUT2D eigenvalue weighted by atomic mass is 10.1. The first-order valence-corrected chi connectivity index (χ1v) is 7.23. The van der Waals surface area contributed by atoms with Gasteiger partial charge in [-0.2, -0.15) is 0 Å². The molecule has 0 spiro atoms. The molecule has 0 radical (unpaired) electrons. The van der Waals surface area contributed by atoms with Gasteiger partial charge in [-0.15, -0.1) is 0 Å². The van der Waals surface area contributed by atoms with Crippen molar-refractivity contribution in [2.45, 2.75) is 26.7 Å². The number of carboxylic acids is 1. The summed E-state index contributed by atoms with van der Waals surface area (Å²) in [5.74, 6) is -1.33. The average molecular weight is 287 g/mol. The minimum atomic E-state index is -0.828. The summed E-state index contributed by atoms with van der Waals surface area (Å²) < 4.78 is 0. The molecule has 6 nitrogen and oxygen atoms in total. The van der Waals surface area contributed by atoms with E-state index in [0.717, 1.165) is 19.4 Å². The number of nitrogens with zero attached hydrogens (tertiary/aromatic N) is 2. The van der Waals surface area contributed by atoms with Gasteiger partial charge in [0, 0.05) is 26.2 Å². The van der Waals surface area contributed by atoms with Crippen molar-refractivity contribution >= 4 is 11.9 Å². The second-order valence-electron chi connectivity index (χ2n) is 5.48. The summed E-state index contributed by atoms with van der Waals surface area (Å²) >= 11 is 0. The maximum atomic E-state index is 11.8. The highest BCUT2D eigenvalue weighted by molar-refractivity contribution is 5.78. The highest BCUT2D eigenvalue weighted by atomic mass is 16.4. The molecule has 6 heteroatoms. The SMILES string of the molecule is CCCCNC(=O)CN(CCN(C)C)CC(C)C(=O)O. The number of amides is 1. The van der Waals surface area contributed by atoms with Crippen LogP contribution in [-0.2, 0) is 9.59 Å². The number of nitrogens with one attached hydrogen (secondary N) is 1. The van der Waals surface area contributed by atoms with E-state index in [2.05, 4.69) is 12.2 Å². The summed E-state index contributed by atoms with van der Waals surface area (Å²) in [7, 11) is 3.92. The lowest BCUT2D eigenvalue weighted by Crippen LogP contribution is -2.43. The van der Waals surface area contributed by atoms with Gasteiger partial charge < -0.3 is 15.3 Å². The molecule has 0 heterocycles. The Morgan fingerprint density at radius 1 is 1.25 bits per heavy atom. The molecule has 20 heavy (non-hydrogen) atoms. The summed E-state index contributed by atoms with van der Waals surface area (Å²) in [6.07, 6.45) is 2.01. The summed E-state index contributed by atoms with van der Waals surface area (Å²) in [6, 6.07) is 0. The fraction of sp³-hybridized carbons (Fsp3) is 0.857. The van der Waals surface area contributed by atoms with Crippen LogP contribution in [0.3, 0.4) is 0 Å². The molecule has 0 aliphatic carbocycles. The molecule has 0 aliphatic rings. The first kappa shape index (κ1) is 18.9. The fourth-order valence-electron chi connectivity index (χ4n) is 1.71. The molecule has 0 aromatic carbocycles. The lowest BCUT2D eigenvalue weighted by molar-refractivity contribution is -0.142. The van der Waals surface area contributed by atoms with Gasteiger partial charge in [0.15, 0.2) is 0 Å². The van der Waals surface area contributed by atoms with E-state index in [1.165, 1.54) is 0 Å². The highest BCUT2D eigenvalue weighted by Crippen LogP contribution is 2.00. The maximum Gasteiger partial charge on any atom is 0.307 e. The molecule has 0 aromatic rings. The van der Waals surface area contributed by atoms with Crippen LogP contribution in [0.4, 0.5) is 0 Å². The molecule has 0 bridgehead atoms. The third-order valence-corrected chi connectivity index (χ3v) is 3.04. The Morgan fingerprint density at radius 2 is 1.90 bits per heavy atom. The molecule has 1 atom stereocenters. The smallest absolute Gasteiger partial charge is 0.307 e. The van der Waals surface area contributed by atoms with Crippen molar-refractivity contribution in [2.75, 3.05) is 46.8 Å². The van der Waals surface area contributed by atoms with Crippen LogP contribution < -0.4 is 5.32 Å². The Kier molecular flexibility index (Phi) is 10.0. The highest BCUT2D eigenvalue weighted by Gasteiger charge is 2.18. The van der Waals surface area contributed by atoms with Gasteiger partial charge in [-0.1, -0.05) is 20.3 Å². The molecule has 1 amide bonds. The zero-order valence-electron chi connectivity index (χ0n) is 13.2. The molecule has 0 aromatic heterocycles. The third-order valence-electron chi connectivity index (χ3n) is 3.04. The molecular weight excluding hydrogens is 258 g/mol. The third kappa shape index (κ3) is 9.75. The van der Waals surface area contributed by atoms with Gasteiger partial charge in [-0.25, -0.2) is 0 Å². The van der Waals surface area contributed by atoms with Gasteiger partial charge in [-0.3, -0.25) is 14.5 Å². The zero-order valence-corrected chi connectivity index (χ0v) is 13.2. The molecular formula is C14H29N3O3. The standard InChI is InChI=1S/C14H29N3O3/c1-5-6-7-15-13(18)11-17(9-8-16(3)4)10-12(2)14(19)20/h12H,5-11H2,1-4H3,(H,15,18)(H,19,20). The summed E-state index contributed by atoms with van der Waals surface area (Å²) in [5.41, 5.74) is 0. The summed E-state index contributed by atoms with van der Waals surface area (Å²) in [6.45, 7) is 6.56. The van der Waals surface area contributed by atoms with Gasteiger partial charge in [0.2, 0.25) is 5.91 Å². The van der Waals surface area contributed by atoms with Crippen LogP contribution in [0.2, 0.25) is 0 Å². The second-order valence-corrected chi connectivity index (χ2v) is 5.48. The topological polar surface area (TPSA) is 72.9 Å². The van der Waals surface area contributed by atoms with Crippen LogP contribution in [0, 0.1) is 5.92 Å². The first-order valence-electron chi connectivity index (χ1n) is 7.23. The van der Waals surface area contributed by atoms with Crippen LogP contribution in [0.1, 0.15) is 26.7 Å². The molecule has 0 fully saturated rings. The molecule has 0 aliphatic heterocycles. The number of carbonyl (C=O) groups excluding carboxylic acids is 1. The number of carboxylic acid groups (broad SMARTS) is 1. The molecule has 0 rings (SSSR count). The maximum absolute atomic E-state index is 11.8. The van der Waals surface area contributed by atoms with E-state index in [4.69, 9.17) is 5.11 Å². The van der Waals surface area contributed by atoms with Crippen molar-refractivity contribution < 1.29 is 14.7 Å². The van der Waals surface area contributed by atoms with Gasteiger partial charge in [0.25, 0.3) is 0 Å². The molecule has 0 saturated heterocycles. The van der Waals surface area contributed by atoms with E-state index >= 15 is 0 Å². The summed E-state index contributed by atoms with van der Waals surface area (Å²) in [4.78, 5) is 26.7. The number of rotatable bonds is 11. The Morgan fingerprint density at radius 3 is 2.40 bits per heavy atom. The van der Waals surface area contributed by atoms with E-state index in [1.54, 1.807) is 6.92 Å². The van der Waals surface area contributed by atoms with Crippen LogP contribution in [0.25, 0.3) is 0 Å². The van der Waals surface area contributed by atoms with Crippen molar-refractivity contribution in [3.8, 4) is 0 Å². The Labute approximate surface area is 122 Å². The number of unbranched alkanes of at least 4 members (excludes halogenated alkanes) is 1. The van der Waals surface area contributed by atoms with Crippen LogP contribution in [-0.4, -0.2) is 73.6 Å². The number of likely N-dealkylation sites (N-methyl/N-ethyl adjacent to an activating group) is 1. The number of hydrogen-bond acceptors (Lipinski definition) is 4. The number of carbonyl (C=O) groups is 2. The van der Waals surface area contributed by atoms with Crippen molar-refractivity contribution in [1.82, 2.24) is 15.1 Å². The van der Waals surface area contributed by atoms with E-state index in [-0.39, 0.29) is 12.5 Å². The first-order chi connectivity index (χ1) is 9.36. The van der Waals surface area contributed by atoms with E-state index in [0.29, 0.717) is 19.6 Å². The number of hydrogen-bond donors (Lipinski definition) is 2. The van der Waals surface area contributed by atoms with Gasteiger partial charge in [-0.05, 0) is 20.5 Å². The minimum Gasteiger partial charge on any atom is -0.481 e. The van der Waals surface area contributed by atoms with Crippen molar-refractivity contribution in [3.05, 3.63) is 0 Å². The predicted molar refractivity (Wildman–Crippen MR) is 79.7 cm³/mol. The molecule has 118 valence electrons. The fourth-order valence-corrected chi connectivity index (χ4v) is 1.71. The van der Waals surface area contributed by atoms with Gasteiger partial charge in [0.05, 0.1) is 12.5 Å². The average Bonchev–Trinajstić information content (AvgIpc) is 2.35. The monoisotopic (exact) mass is 287 g/mol. The largest absolute Gasteiger partial charge is 0.481 e. The van der Waals surface area contributed by atoms with Gasteiger partial charge >= 0.3 is 5.97 Å². The Hall–Kier alpha value is -1.14. The number of aliphatic carboxylic acids is 1.